The van der Waals surface area contributed by atoms with Crippen molar-refractivity contribution in [1.82, 2.24) is 5.32 Å². The quantitative estimate of drug-likeness (QED) is 0.343. The summed E-state index contributed by atoms with van der Waals surface area (Å²) in [6.45, 7) is 2.47. The summed E-state index contributed by atoms with van der Waals surface area (Å²) < 4.78 is 13.7. The zero-order valence-electron chi connectivity index (χ0n) is 11.8. The Kier molecular flexibility index (Phi) is 4.90. The second-order valence-electron chi connectivity index (χ2n) is 4.81. The van der Waals surface area contributed by atoms with Gasteiger partial charge in [-0.2, -0.15) is 0 Å². The minimum atomic E-state index is -0.220. The average molecular weight is 287 g/mol. The third kappa shape index (κ3) is 3.79. The van der Waals surface area contributed by atoms with E-state index in [-0.39, 0.29) is 17.7 Å². The molecule has 0 aliphatic carbocycles. The zero-order chi connectivity index (χ0) is 15.2. The second-order valence-corrected chi connectivity index (χ2v) is 4.81. The van der Waals surface area contributed by atoms with Crippen LogP contribution in [0.5, 0.6) is 0 Å². The number of benzene rings is 2. The van der Waals surface area contributed by atoms with Crippen LogP contribution in [0.25, 0.3) is 0 Å². The molecule has 0 fully saturated rings. The van der Waals surface area contributed by atoms with Gasteiger partial charge in [0.1, 0.15) is 5.82 Å². The summed E-state index contributed by atoms with van der Waals surface area (Å²) in [4.78, 5) is 0. The molecule has 0 radical (unpaired) electrons. The molecule has 0 saturated carbocycles. The molecule has 0 aliphatic heterocycles. The van der Waals surface area contributed by atoms with Gasteiger partial charge in [0.05, 0.1) is 0 Å². The third-order valence-corrected chi connectivity index (χ3v) is 3.31. The van der Waals surface area contributed by atoms with E-state index in [0.717, 1.165) is 5.56 Å². The first-order valence-electron chi connectivity index (χ1n) is 6.66. The molecule has 4 nitrogen and oxygen atoms in total. The van der Waals surface area contributed by atoms with E-state index in [4.69, 9.17) is 10.9 Å². The summed E-state index contributed by atoms with van der Waals surface area (Å²) in [6, 6.07) is 13.9. The Morgan fingerprint density at radius 1 is 1.29 bits per heavy atom. The lowest BCUT2D eigenvalue weighted by Gasteiger charge is -2.15. The average Bonchev–Trinajstić information content (AvgIpc) is 2.52. The number of amidine groups is 1. The minimum absolute atomic E-state index is 0.0685. The number of hydrogen-bond donors (Lipinski definition) is 3. The molecule has 21 heavy (non-hydrogen) atoms. The molecule has 0 unspecified atom stereocenters. The lowest BCUT2D eigenvalue weighted by Crippen LogP contribution is -2.20. The van der Waals surface area contributed by atoms with Crippen LogP contribution in [0.15, 0.2) is 53.7 Å². The predicted octanol–water partition coefficient (Wildman–Crippen LogP) is 2.77. The highest BCUT2D eigenvalue weighted by Crippen LogP contribution is 2.16. The fourth-order valence-electron chi connectivity index (χ4n) is 2.11. The van der Waals surface area contributed by atoms with Crippen molar-refractivity contribution in [1.29, 1.82) is 0 Å². The van der Waals surface area contributed by atoms with Crippen molar-refractivity contribution in [3.8, 4) is 0 Å². The molecular formula is C16H18FN3O. The fraction of sp³-hybridized carbons (Fsp3) is 0.188. The Balaban J connectivity index is 2.05. The van der Waals surface area contributed by atoms with Crippen molar-refractivity contribution in [2.45, 2.75) is 19.5 Å². The number of hydrogen-bond acceptors (Lipinski definition) is 3. The van der Waals surface area contributed by atoms with E-state index in [1.54, 1.807) is 18.2 Å². The predicted molar refractivity (Wildman–Crippen MR) is 80.6 cm³/mol. The number of nitrogens with one attached hydrogen (secondary N) is 1. The topological polar surface area (TPSA) is 70.6 Å². The molecule has 2 aromatic carbocycles. The number of rotatable bonds is 5. The first-order valence-corrected chi connectivity index (χ1v) is 6.66. The summed E-state index contributed by atoms with van der Waals surface area (Å²) in [7, 11) is 0. The zero-order valence-corrected chi connectivity index (χ0v) is 11.8. The van der Waals surface area contributed by atoms with Gasteiger partial charge in [0.2, 0.25) is 0 Å². The van der Waals surface area contributed by atoms with Crippen LogP contribution in [0.2, 0.25) is 0 Å². The Morgan fingerprint density at radius 3 is 2.76 bits per heavy atom. The van der Waals surface area contributed by atoms with Crippen LogP contribution in [-0.2, 0) is 6.54 Å². The van der Waals surface area contributed by atoms with Gasteiger partial charge in [-0.3, -0.25) is 0 Å². The van der Waals surface area contributed by atoms with Crippen LogP contribution in [0, 0.1) is 5.82 Å². The van der Waals surface area contributed by atoms with Crippen LogP contribution < -0.4 is 11.1 Å². The molecule has 2 aromatic rings. The third-order valence-electron chi connectivity index (χ3n) is 3.31. The van der Waals surface area contributed by atoms with Crippen molar-refractivity contribution in [3.05, 3.63) is 71.0 Å². The Bertz CT molecular complexity index is 643. The number of oxime groups is 1. The molecule has 0 spiro atoms. The van der Waals surface area contributed by atoms with Crippen LogP contribution in [0.3, 0.4) is 0 Å². The standard InChI is InChI=1S/C16H18FN3O/c1-11(14-7-2-3-8-15(14)17)19-10-12-5-4-6-13(9-12)16(18)20-21/h2-9,11,19,21H,10H2,1H3,(H2,18,20)/t11-/m1/s1. The van der Waals surface area contributed by atoms with Crippen molar-refractivity contribution in [2.75, 3.05) is 0 Å². The van der Waals surface area contributed by atoms with E-state index in [9.17, 15) is 4.39 Å². The van der Waals surface area contributed by atoms with Crippen molar-refractivity contribution >= 4 is 5.84 Å². The van der Waals surface area contributed by atoms with E-state index < -0.39 is 0 Å². The lowest BCUT2D eigenvalue weighted by molar-refractivity contribution is 0.318. The van der Waals surface area contributed by atoms with Crippen molar-refractivity contribution in [2.24, 2.45) is 10.9 Å². The van der Waals surface area contributed by atoms with Gasteiger partial charge in [-0.1, -0.05) is 41.6 Å². The molecular weight excluding hydrogens is 269 g/mol. The van der Waals surface area contributed by atoms with Gasteiger partial charge in [0.25, 0.3) is 0 Å². The highest BCUT2D eigenvalue weighted by Gasteiger charge is 2.09. The Labute approximate surface area is 123 Å². The maximum absolute atomic E-state index is 13.7. The van der Waals surface area contributed by atoms with Crippen molar-refractivity contribution in [3.63, 3.8) is 0 Å². The number of halogens is 1. The molecule has 0 saturated heterocycles. The second kappa shape index (κ2) is 6.85. The molecule has 0 amide bonds. The first kappa shape index (κ1) is 15.0. The van der Waals surface area contributed by atoms with Gasteiger partial charge in [-0.15, -0.1) is 0 Å². The molecule has 2 rings (SSSR count). The molecule has 1 atom stereocenters. The SMILES string of the molecule is C[C@@H](NCc1cccc(/C(N)=N/O)c1)c1ccccc1F. The molecule has 0 bridgehead atoms. The summed E-state index contributed by atoms with van der Waals surface area (Å²) >= 11 is 0. The largest absolute Gasteiger partial charge is 0.409 e. The summed E-state index contributed by atoms with van der Waals surface area (Å²) in [5.41, 5.74) is 7.81. The Morgan fingerprint density at radius 2 is 2.05 bits per heavy atom. The lowest BCUT2D eigenvalue weighted by atomic mass is 10.1. The van der Waals surface area contributed by atoms with Gasteiger partial charge in [0.15, 0.2) is 5.84 Å². The number of nitrogens with zero attached hydrogens (tertiary/aromatic N) is 1. The van der Waals surface area contributed by atoms with E-state index in [2.05, 4.69) is 10.5 Å². The van der Waals surface area contributed by atoms with Gasteiger partial charge in [-0.05, 0) is 24.6 Å². The maximum atomic E-state index is 13.7. The molecule has 0 aliphatic rings. The van der Waals surface area contributed by atoms with Gasteiger partial charge < -0.3 is 16.3 Å². The van der Waals surface area contributed by atoms with Crippen LogP contribution in [0.1, 0.15) is 29.7 Å². The van der Waals surface area contributed by atoms with Gasteiger partial charge in [0, 0.05) is 23.7 Å². The van der Waals surface area contributed by atoms with Crippen LogP contribution in [-0.4, -0.2) is 11.0 Å². The molecule has 5 heteroatoms. The molecule has 0 heterocycles. The van der Waals surface area contributed by atoms with Crippen LogP contribution in [0.4, 0.5) is 4.39 Å². The molecule has 0 aromatic heterocycles. The van der Waals surface area contributed by atoms with E-state index >= 15 is 0 Å². The highest BCUT2D eigenvalue weighted by molar-refractivity contribution is 5.97. The van der Waals surface area contributed by atoms with Crippen LogP contribution >= 0.6 is 0 Å². The minimum Gasteiger partial charge on any atom is -0.409 e. The molecule has 4 N–H and O–H groups in total. The smallest absolute Gasteiger partial charge is 0.170 e. The normalized spacial score (nSPS) is 13.1. The highest BCUT2D eigenvalue weighted by atomic mass is 19.1. The van der Waals surface area contributed by atoms with Gasteiger partial charge >= 0.3 is 0 Å². The van der Waals surface area contributed by atoms with E-state index in [1.165, 1.54) is 6.07 Å². The number of nitrogens with two attached hydrogens (primary N) is 1. The monoisotopic (exact) mass is 287 g/mol. The molecule has 110 valence electrons. The summed E-state index contributed by atoms with van der Waals surface area (Å²) in [6.07, 6.45) is 0. The first-order chi connectivity index (χ1) is 10.1. The fourth-order valence-corrected chi connectivity index (χ4v) is 2.11. The summed E-state index contributed by atoms with van der Waals surface area (Å²) in [5, 5.41) is 14.9. The maximum Gasteiger partial charge on any atom is 0.170 e. The van der Waals surface area contributed by atoms with Crippen molar-refractivity contribution < 1.29 is 9.60 Å². The van der Waals surface area contributed by atoms with E-state index in [1.807, 2.05) is 31.2 Å². The summed E-state index contributed by atoms with van der Waals surface area (Å²) in [5.74, 6) is -0.151. The van der Waals surface area contributed by atoms with E-state index in [0.29, 0.717) is 17.7 Å². The Hall–Kier alpha value is -2.40. The van der Waals surface area contributed by atoms with Gasteiger partial charge in [-0.25, -0.2) is 4.39 Å².